The lowest BCUT2D eigenvalue weighted by Gasteiger charge is -2.31. The third-order valence-electron chi connectivity index (χ3n) is 12.8. The predicted molar refractivity (Wildman–Crippen MR) is 243 cm³/mol. The summed E-state index contributed by atoms with van der Waals surface area (Å²) in [5, 5.41) is 15.3. The van der Waals surface area contributed by atoms with Gasteiger partial charge in [0.1, 0.15) is 6.04 Å². The minimum atomic E-state index is -0.936. The molecule has 0 radical (unpaired) electrons. The normalized spacial score (nSPS) is 18.3. The van der Waals surface area contributed by atoms with Gasteiger partial charge in [0.25, 0.3) is 0 Å². The Hall–Kier alpha value is -1.67. The lowest BCUT2D eigenvalue weighted by molar-refractivity contribution is -0.148. The molecule has 0 spiro atoms. The number of aliphatic hydroxyl groups is 1. The highest BCUT2D eigenvalue weighted by molar-refractivity contribution is 5.89. The predicted octanol–water partition coefficient (Wildman–Crippen LogP) is 13.0. The number of esters is 1. The third kappa shape index (κ3) is 26.5. The van der Waals surface area contributed by atoms with E-state index in [1.54, 1.807) is 0 Å². The first-order valence-electron chi connectivity index (χ1n) is 25.0. The Morgan fingerprint density at radius 2 is 0.983 bits per heavy atom. The van der Waals surface area contributed by atoms with Crippen LogP contribution in [0.15, 0.2) is 0 Å². The van der Waals surface area contributed by atoms with Crippen LogP contribution in [0.2, 0.25) is 0 Å². The molecule has 58 heavy (non-hydrogen) atoms. The van der Waals surface area contributed by atoms with Gasteiger partial charge in [-0.3, -0.25) is 9.59 Å². The van der Waals surface area contributed by atoms with Gasteiger partial charge in [-0.2, -0.15) is 0 Å². The Morgan fingerprint density at radius 3 is 1.38 bits per heavy atom. The van der Waals surface area contributed by atoms with E-state index in [0.29, 0.717) is 25.9 Å². The first-order valence-corrected chi connectivity index (χ1v) is 25.0. The van der Waals surface area contributed by atoms with Crippen LogP contribution in [0.3, 0.4) is 0 Å². The van der Waals surface area contributed by atoms with Crippen molar-refractivity contribution in [3.8, 4) is 0 Å². The molecule has 1 saturated carbocycles. The molecule has 1 aliphatic rings. The van der Waals surface area contributed by atoms with Crippen LogP contribution in [0.1, 0.15) is 260 Å². The highest BCUT2D eigenvalue weighted by Gasteiger charge is 2.68. The average Bonchev–Trinajstić information content (AvgIpc) is 3.74. The van der Waals surface area contributed by atoms with Gasteiger partial charge in [-0.1, -0.05) is 200 Å². The largest absolute Gasteiger partial charge is 0.464 e. The molecule has 0 heterocycles. The zero-order valence-electron chi connectivity index (χ0n) is 39.2. The fourth-order valence-electron chi connectivity index (χ4n) is 8.46. The smallest absolute Gasteiger partial charge is 0.330 e. The van der Waals surface area contributed by atoms with Crippen LogP contribution < -0.4 is 10.6 Å². The zero-order valence-corrected chi connectivity index (χ0v) is 39.2. The second-order valence-electron chi connectivity index (χ2n) is 19.1. The van der Waals surface area contributed by atoms with Gasteiger partial charge in [0, 0.05) is 19.6 Å². The lowest BCUT2D eigenvalue weighted by atomic mass is 10.0. The molecule has 342 valence electrons. The van der Waals surface area contributed by atoms with E-state index in [-0.39, 0.29) is 25.0 Å². The molecule has 0 aromatic carbocycles. The average molecular weight is 821 g/mol. The van der Waals surface area contributed by atoms with Crippen molar-refractivity contribution in [2.45, 2.75) is 277 Å². The lowest BCUT2D eigenvalue weighted by Crippen LogP contribution is -2.51. The molecule has 3 unspecified atom stereocenters. The highest BCUT2D eigenvalue weighted by Crippen LogP contribution is 2.60. The van der Waals surface area contributed by atoms with E-state index in [0.717, 1.165) is 38.5 Å². The molecular weight excluding hydrogens is 725 g/mol. The van der Waals surface area contributed by atoms with E-state index in [4.69, 9.17) is 9.47 Å². The van der Waals surface area contributed by atoms with Crippen molar-refractivity contribution in [1.82, 2.24) is 10.6 Å². The number of aliphatic hydroxyl groups excluding tert-OH is 1. The number of hydrogen-bond acceptors (Lipinski definition) is 6. The summed E-state index contributed by atoms with van der Waals surface area (Å²) in [5.41, 5.74) is -2.00. The van der Waals surface area contributed by atoms with Gasteiger partial charge in [0.2, 0.25) is 11.8 Å². The van der Waals surface area contributed by atoms with Crippen molar-refractivity contribution < 1.29 is 29.0 Å². The summed E-state index contributed by atoms with van der Waals surface area (Å²) < 4.78 is 12.0. The van der Waals surface area contributed by atoms with E-state index in [1.807, 2.05) is 27.7 Å². The molecule has 0 saturated heterocycles. The molecule has 1 rings (SSSR count). The molecule has 0 aromatic heterocycles. The molecular formula is C50H96N2O6. The van der Waals surface area contributed by atoms with E-state index in [1.165, 1.54) is 161 Å². The summed E-state index contributed by atoms with van der Waals surface area (Å²) in [7, 11) is 0. The Kier molecular flexibility index (Phi) is 31.8. The van der Waals surface area contributed by atoms with Crippen LogP contribution in [0, 0.1) is 5.41 Å². The minimum absolute atomic E-state index is 0.00825. The van der Waals surface area contributed by atoms with Crippen molar-refractivity contribution in [2.24, 2.45) is 5.41 Å². The molecule has 8 heteroatoms. The Morgan fingerprint density at radius 1 is 0.603 bits per heavy atom. The maximum atomic E-state index is 13.4. The van der Waals surface area contributed by atoms with Gasteiger partial charge in [-0.15, -0.1) is 0 Å². The number of nitrogens with one attached hydrogen (secondary N) is 2. The van der Waals surface area contributed by atoms with Crippen molar-refractivity contribution in [3.05, 3.63) is 0 Å². The van der Waals surface area contributed by atoms with Crippen molar-refractivity contribution in [2.75, 3.05) is 19.8 Å². The number of rotatable bonds is 42. The van der Waals surface area contributed by atoms with E-state index < -0.39 is 28.6 Å². The summed E-state index contributed by atoms with van der Waals surface area (Å²) in [6.07, 6.45) is 40.9. The van der Waals surface area contributed by atoms with E-state index >= 15 is 0 Å². The molecule has 3 N–H and O–H groups in total. The molecule has 1 fully saturated rings. The van der Waals surface area contributed by atoms with Gasteiger partial charge in [-0.25, -0.2) is 4.79 Å². The van der Waals surface area contributed by atoms with Crippen LogP contribution >= 0.6 is 0 Å². The van der Waals surface area contributed by atoms with Crippen molar-refractivity contribution in [3.63, 3.8) is 0 Å². The fourth-order valence-corrected chi connectivity index (χ4v) is 8.46. The van der Waals surface area contributed by atoms with Crippen LogP contribution in [-0.4, -0.2) is 59.9 Å². The summed E-state index contributed by atoms with van der Waals surface area (Å²) in [6, 6.07) is -0.936. The van der Waals surface area contributed by atoms with Crippen molar-refractivity contribution >= 4 is 17.8 Å². The summed E-state index contributed by atoms with van der Waals surface area (Å²) in [4.78, 5) is 39.8. The number of ether oxygens (including phenoxy) is 2. The summed E-state index contributed by atoms with van der Waals surface area (Å²) in [6.45, 7) is 12.5. The molecule has 1 aliphatic carbocycles. The maximum Gasteiger partial charge on any atom is 0.330 e. The number of carbonyl (C=O) groups excluding carboxylic acids is 3. The number of amides is 2. The standard InChI is InChI=1S/C50H96N2O6/c1-7-9-11-13-15-17-19-21-23-25-27-29-31-33-35-37-41-57-46(55)44(42-51-47(56)49(5)43-50(49,6)58-48(3,4)39-40-53)52-45(54)38-36-34-32-30-28-26-24-22-20-18-16-14-12-10-8-2/h44,53H,7-43H2,1-6H3,(H,51,56)(H,52,54). The van der Waals surface area contributed by atoms with Gasteiger partial charge >= 0.3 is 5.97 Å². The first-order chi connectivity index (χ1) is 27.9. The second-order valence-corrected chi connectivity index (χ2v) is 19.1. The Bertz CT molecular complexity index is 1040. The van der Waals surface area contributed by atoms with Gasteiger partial charge < -0.3 is 25.2 Å². The first kappa shape index (κ1) is 54.3. The monoisotopic (exact) mass is 821 g/mol. The van der Waals surface area contributed by atoms with Crippen LogP contribution in [0.5, 0.6) is 0 Å². The highest BCUT2D eigenvalue weighted by atomic mass is 16.5. The number of hydrogen-bond donors (Lipinski definition) is 3. The SMILES string of the molecule is CCCCCCCCCCCCCCCCCCOC(=O)C(CNC(=O)C1(C)CC1(C)OC(C)(C)CCO)NC(=O)CCCCCCCCCCCCCCCCC. The molecule has 3 atom stereocenters. The van der Waals surface area contributed by atoms with E-state index in [2.05, 4.69) is 24.5 Å². The van der Waals surface area contributed by atoms with Crippen LogP contribution in [-0.2, 0) is 23.9 Å². The molecule has 0 aliphatic heterocycles. The minimum Gasteiger partial charge on any atom is -0.464 e. The van der Waals surface area contributed by atoms with Crippen LogP contribution in [0.25, 0.3) is 0 Å². The van der Waals surface area contributed by atoms with Gasteiger partial charge in [0.05, 0.1) is 23.2 Å². The Balaban J connectivity index is 2.39. The molecule has 0 aromatic rings. The van der Waals surface area contributed by atoms with Gasteiger partial charge in [-0.05, 0) is 53.4 Å². The molecule has 2 amide bonds. The topological polar surface area (TPSA) is 114 Å². The summed E-state index contributed by atoms with van der Waals surface area (Å²) in [5.74, 6) is -0.873. The van der Waals surface area contributed by atoms with Gasteiger partial charge in [0.15, 0.2) is 0 Å². The quantitative estimate of drug-likeness (QED) is 0.0417. The maximum absolute atomic E-state index is 13.4. The van der Waals surface area contributed by atoms with Crippen molar-refractivity contribution in [1.29, 1.82) is 0 Å². The number of unbranched alkanes of at least 4 members (excludes halogenated alkanes) is 29. The molecule has 8 nitrogen and oxygen atoms in total. The summed E-state index contributed by atoms with van der Waals surface area (Å²) >= 11 is 0. The van der Waals surface area contributed by atoms with E-state index in [9.17, 15) is 19.5 Å². The van der Waals surface area contributed by atoms with Crippen LogP contribution in [0.4, 0.5) is 0 Å². The zero-order chi connectivity index (χ0) is 42.8. The molecule has 0 bridgehead atoms. The fraction of sp³-hybridized carbons (Fsp3) is 0.940. The Labute approximate surface area is 358 Å². The number of carbonyl (C=O) groups is 3. The second kappa shape index (κ2) is 34.0. The third-order valence-corrected chi connectivity index (χ3v) is 12.8.